The lowest BCUT2D eigenvalue weighted by molar-refractivity contribution is 0.550. The molecule has 0 unspecified atom stereocenters. The molecule has 0 fully saturated rings. The number of rotatable bonds is 3. The van der Waals surface area contributed by atoms with Crippen molar-refractivity contribution >= 4 is 6.29 Å². The van der Waals surface area contributed by atoms with Gasteiger partial charge in [0.05, 0.1) is 5.29 Å². The molecule has 1 N–H and O–H groups in total. The second-order valence-electron chi connectivity index (χ2n) is 0.571. The van der Waals surface area contributed by atoms with Crippen molar-refractivity contribution in [3.63, 3.8) is 0 Å². The SMILES string of the molecule is O=[C]CNN=O. The summed E-state index contributed by atoms with van der Waals surface area (Å²) in [6.45, 7) is -0.122. The van der Waals surface area contributed by atoms with Gasteiger partial charge in [-0.25, -0.2) is 0 Å². The maximum Gasteiger partial charge on any atom is 0.221 e. The fourth-order valence-corrected chi connectivity index (χ4v) is 0.0645. The van der Waals surface area contributed by atoms with Crippen molar-refractivity contribution in [2.24, 2.45) is 5.29 Å². The third kappa shape index (κ3) is 3.07. The van der Waals surface area contributed by atoms with Gasteiger partial charge in [0.1, 0.15) is 6.54 Å². The first kappa shape index (κ1) is 5.07. The molecule has 0 aromatic heterocycles. The van der Waals surface area contributed by atoms with Crippen molar-refractivity contribution in [3.05, 3.63) is 4.91 Å². The zero-order valence-electron chi connectivity index (χ0n) is 2.97. The van der Waals surface area contributed by atoms with Crippen molar-refractivity contribution in [1.82, 2.24) is 5.43 Å². The summed E-state index contributed by atoms with van der Waals surface area (Å²) in [6, 6.07) is 0. The van der Waals surface area contributed by atoms with Crippen LogP contribution >= 0.6 is 0 Å². The Morgan fingerprint density at radius 3 is 2.67 bits per heavy atom. The van der Waals surface area contributed by atoms with Gasteiger partial charge in [0, 0.05) is 0 Å². The molecule has 4 nitrogen and oxygen atoms in total. The van der Waals surface area contributed by atoms with Crippen molar-refractivity contribution < 1.29 is 4.79 Å². The molecule has 4 heteroatoms. The topological polar surface area (TPSA) is 58.5 Å². The number of nitrogens with zero attached hydrogens (tertiary/aromatic N) is 1. The van der Waals surface area contributed by atoms with E-state index in [4.69, 9.17) is 4.91 Å². The lowest BCUT2D eigenvalue weighted by Gasteiger charge is -1.75. The Kier molecular flexibility index (Phi) is 3.44. The molecule has 0 aliphatic rings. The molecule has 0 aromatic rings. The van der Waals surface area contributed by atoms with Crippen LogP contribution in [0.2, 0.25) is 0 Å². The Hall–Kier alpha value is -0.930. The zero-order chi connectivity index (χ0) is 4.83. The average molecular weight is 87.1 g/mol. The first-order valence-electron chi connectivity index (χ1n) is 1.32. The van der Waals surface area contributed by atoms with Gasteiger partial charge < -0.3 is 0 Å². The minimum atomic E-state index is -0.122. The molecule has 0 rings (SSSR count). The van der Waals surface area contributed by atoms with Gasteiger partial charge in [-0.2, -0.15) is 0 Å². The van der Waals surface area contributed by atoms with Gasteiger partial charge in [0.15, 0.2) is 0 Å². The molecule has 0 amide bonds. The van der Waals surface area contributed by atoms with E-state index in [9.17, 15) is 4.79 Å². The van der Waals surface area contributed by atoms with E-state index in [2.05, 4.69) is 5.29 Å². The molecule has 0 atom stereocenters. The van der Waals surface area contributed by atoms with Crippen LogP contribution in [0.5, 0.6) is 0 Å². The number of hydrogen-bond donors (Lipinski definition) is 1. The maximum absolute atomic E-state index is 9.18. The van der Waals surface area contributed by atoms with Gasteiger partial charge in [-0.05, 0) is 0 Å². The summed E-state index contributed by atoms with van der Waals surface area (Å²) >= 11 is 0. The molecule has 0 saturated carbocycles. The summed E-state index contributed by atoms with van der Waals surface area (Å²) in [5.41, 5.74) is 1.84. The Morgan fingerprint density at radius 2 is 2.50 bits per heavy atom. The van der Waals surface area contributed by atoms with E-state index < -0.39 is 0 Å². The summed E-state index contributed by atoms with van der Waals surface area (Å²) in [7, 11) is 0. The van der Waals surface area contributed by atoms with E-state index in [1.54, 1.807) is 0 Å². The highest BCUT2D eigenvalue weighted by Gasteiger charge is 1.71. The van der Waals surface area contributed by atoms with E-state index in [1.807, 2.05) is 5.43 Å². The summed E-state index contributed by atoms with van der Waals surface area (Å²) in [4.78, 5) is 18.2. The highest BCUT2D eigenvalue weighted by Crippen LogP contribution is 1.45. The Balaban J connectivity index is 2.66. The van der Waals surface area contributed by atoms with Crippen LogP contribution in [0.3, 0.4) is 0 Å². The molecule has 0 spiro atoms. The smallest absolute Gasteiger partial charge is 0.221 e. The molecule has 0 heterocycles. The van der Waals surface area contributed by atoms with Crippen molar-refractivity contribution in [1.29, 1.82) is 0 Å². The highest BCUT2D eigenvalue weighted by molar-refractivity contribution is 5.52. The average Bonchev–Trinajstić information content (AvgIpc) is 1.61. The molecule has 1 radical (unpaired) electrons. The largest absolute Gasteiger partial charge is 0.289 e. The van der Waals surface area contributed by atoms with E-state index in [0.29, 0.717) is 0 Å². The third-order valence-corrected chi connectivity index (χ3v) is 0.216. The van der Waals surface area contributed by atoms with Gasteiger partial charge in [0.25, 0.3) is 0 Å². The second-order valence-corrected chi connectivity index (χ2v) is 0.571. The minimum Gasteiger partial charge on any atom is -0.289 e. The molecule has 0 aromatic carbocycles. The summed E-state index contributed by atoms with van der Waals surface area (Å²) in [6.07, 6.45) is 1.41. The predicted octanol–water partition coefficient (Wildman–Crippen LogP) is -0.633. The maximum atomic E-state index is 9.18. The molecule has 0 aliphatic heterocycles. The van der Waals surface area contributed by atoms with Crippen LogP contribution in [-0.4, -0.2) is 12.8 Å². The monoisotopic (exact) mass is 87.0 g/mol. The van der Waals surface area contributed by atoms with Crippen molar-refractivity contribution in [2.75, 3.05) is 6.54 Å². The fraction of sp³-hybridized carbons (Fsp3) is 0.500. The molecule has 0 saturated heterocycles. The van der Waals surface area contributed by atoms with Crippen LogP contribution in [0.1, 0.15) is 0 Å². The van der Waals surface area contributed by atoms with Gasteiger partial charge in [-0.15, -0.1) is 4.91 Å². The first-order valence-corrected chi connectivity index (χ1v) is 1.32. The lowest BCUT2D eigenvalue weighted by Crippen LogP contribution is -2.05. The van der Waals surface area contributed by atoms with Crippen LogP contribution in [0.15, 0.2) is 5.29 Å². The minimum absolute atomic E-state index is 0.122. The number of carbonyl (C=O) groups excluding carboxylic acids is 1. The summed E-state index contributed by atoms with van der Waals surface area (Å²) < 4.78 is 0. The van der Waals surface area contributed by atoms with Crippen LogP contribution in [0, 0.1) is 4.91 Å². The number of nitrogens with one attached hydrogen (secondary N) is 1. The Bertz CT molecular complexity index is 45.5. The van der Waals surface area contributed by atoms with Crippen LogP contribution in [0.25, 0.3) is 0 Å². The number of nitroso groups, excluding NO2 is 1. The standard InChI is InChI=1S/C2H3N2O2/c5-2-1-3-4-6/h1H2,(H,3,6). The van der Waals surface area contributed by atoms with Gasteiger partial charge >= 0.3 is 0 Å². The van der Waals surface area contributed by atoms with Gasteiger partial charge in [0.2, 0.25) is 6.29 Å². The fourth-order valence-electron chi connectivity index (χ4n) is 0.0645. The number of hydrogen-bond acceptors (Lipinski definition) is 3. The van der Waals surface area contributed by atoms with Crippen LogP contribution in [-0.2, 0) is 4.79 Å². The van der Waals surface area contributed by atoms with Crippen molar-refractivity contribution in [3.8, 4) is 0 Å². The molecular formula is C2H3N2O2. The molecule has 0 aliphatic carbocycles. The molecule has 0 bridgehead atoms. The van der Waals surface area contributed by atoms with Gasteiger partial charge in [-0.3, -0.25) is 10.2 Å². The van der Waals surface area contributed by atoms with Crippen LogP contribution in [0.4, 0.5) is 0 Å². The normalized spacial score (nSPS) is 6.67. The molecule has 6 heavy (non-hydrogen) atoms. The summed E-state index contributed by atoms with van der Waals surface area (Å²) in [5.74, 6) is 0. The van der Waals surface area contributed by atoms with E-state index in [1.165, 1.54) is 6.29 Å². The lowest BCUT2D eigenvalue weighted by atomic mass is 10.8. The highest BCUT2D eigenvalue weighted by atomic mass is 16.3. The first-order chi connectivity index (χ1) is 2.91. The van der Waals surface area contributed by atoms with Crippen LogP contribution < -0.4 is 5.43 Å². The predicted molar refractivity (Wildman–Crippen MR) is 19.5 cm³/mol. The molecular weight excluding hydrogens is 84.0 g/mol. The quantitative estimate of drug-likeness (QED) is 0.283. The Labute approximate surface area is 34.5 Å². The third-order valence-electron chi connectivity index (χ3n) is 0.216. The summed E-state index contributed by atoms with van der Waals surface area (Å²) in [5, 5.41) is 2.16. The molecule has 33 valence electrons. The van der Waals surface area contributed by atoms with E-state index in [0.717, 1.165) is 0 Å². The zero-order valence-corrected chi connectivity index (χ0v) is 2.97. The van der Waals surface area contributed by atoms with E-state index >= 15 is 0 Å². The van der Waals surface area contributed by atoms with Gasteiger partial charge in [-0.1, -0.05) is 0 Å². The van der Waals surface area contributed by atoms with E-state index in [-0.39, 0.29) is 6.54 Å². The van der Waals surface area contributed by atoms with Crippen molar-refractivity contribution in [2.45, 2.75) is 0 Å². The Morgan fingerprint density at radius 1 is 1.83 bits per heavy atom. The second kappa shape index (κ2) is 4.07.